The van der Waals surface area contributed by atoms with E-state index in [1.165, 1.54) is 70.0 Å². The molecule has 21 heavy (non-hydrogen) atoms. The molecule has 0 heterocycles. The van der Waals surface area contributed by atoms with Crippen LogP contribution in [-0.2, 0) is 6.54 Å². The van der Waals surface area contributed by atoms with Gasteiger partial charge in [-0.05, 0) is 43.6 Å². The Balaban J connectivity index is 2.39. The van der Waals surface area contributed by atoms with Crippen LogP contribution in [0.25, 0.3) is 0 Å². The second kappa shape index (κ2) is 11.7. The Kier molecular flexibility index (Phi) is 10.1. The van der Waals surface area contributed by atoms with Gasteiger partial charge in [-0.2, -0.15) is 0 Å². The zero-order chi connectivity index (χ0) is 15.3. The minimum atomic E-state index is -0.142. The molecule has 0 saturated heterocycles. The second-order valence-corrected chi connectivity index (χ2v) is 6.02. The van der Waals surface area contributed by atoms with Crippen LogP contribution >= 0.6 is 0 Å². The fraction of sp³-hybridized carbons (Fsp3) is 0.684. The number of hydrogen-bond donors (Lipinski definition) is 0. The lowest BCUT2D eigenvalue weighted by Crippen LogP contribution is -2.25. The Morgan fingerprint density at radius 2 is 1.29 bits per heavy atom. The van der Waals surface area contributed by atoms with E-state index in [9.17, 15) is 4.39 Å². The maximum Gasteiger partial charge on any atom is 0.123 e. The highest BCUT2D eigenvalue weighted by Gasteiger charge is 2.06. The van der Waals surface area contributed by atoms with Crippen LogP contribution in [0, 0.1) is 5.82 Å². The van der Waals surface area contributed by atoms with Crippen molar-refractivity contribution in [1.82, 2.24) is 4.90 Å². The SMILES string of the molecule is CCCCCCN(CCCCCC)Cc1ccc(F)cc1. The van der Waals surface area contributed by atoms with E-state index < -0.39 is 0 Å². The van der Waals surface area contributed by atoms with Crippen molar-refractivity contribution in [3.8, 4) is 0 Å². The van der Waals surface area contributed by atoms with Gasteiger partial charge in [0.1, 0.15) is 5.82 Å². The molecule has 0 spiro atoms. The first-order chi connectivity index (χ1) is 10.3. The standard InChI is InChI=1S/C19H32FN/c1-3-5-7-9-15-21(16-10-8-6-4-2)17-18-11-13-19(20)14-12-18/h11-14H,3-10,15-17H2,1-2H3. The molecule has 0 N–H and O–H groups in total. The van der Waals surface area contributed by atoms with Crippen LogP contribution in [0.1, 0.15) is 70.8 Å². The Labute approximate surface area is 130 Å². The first-order valence-electron chi connectivity index (χ1n) is 8.73. The van der Waals surface area contributed by atoms with Gasteiger partial charge in [0.25, 0.3) is 0 Å². The Hall–Kier alpha value is -0.890. The molecule has 0 amide bonds. The predicted molar refractivity (Wildman–Crippen MR) is 90.0 cm³/mol. The lowest BCUT2D eigenvalue weighted by atomic mass is 10.1. The molecule has 2 heteroatoms. The predicted octanol–water partition coefficient (Wildman–Crippen LogP) is 5.79. The molecule has 0 bridgehead atoms. The number of halogens is 1. The normalized spacial score (nSPS) is 11.2. The molecule has 0 aromatic heterocycles. The number of benzene rings is 1. The largest absolute Gasteiger partial charge is 0.299 e. The Morgan fingerprint density at radius 3 is 1.76 bits per heavy atom. The molecule has 0 aliphatic heterocycles. The van der Waals surface area contributed by atoms with Gasteiger partial charge >= 0.3 is 0 Å². The van der Waals surface area contributed by atoms with E-state index in [-0.39, 0.29) is 5.82 Å². The smallest absolute Gasteiger partial charge is 0.123 e. The zero-order valence-corrected chi connectivity index (χ0v) is 13.9. The third kappa shape index (κ3) is 8.87. The second-order valence-electron chi connectivity index (χ2n) is 6.02. The van der Waals surface area contributed by atoms with Crippen LogP contribution in [0.2, 0.25) is 0 Å². The summed E-state index contributed by atoms with van der Waals surface area (Å²) in [6, 6.07) is 6.98. The molecular formula is C19H32FN. The molecular weight excluding hydrogens is 261 g/mol. The number of rotatable bonds is 12. The van der Waals surface area contributed by atoms with Crippen molar-refractivity contribution in [2.45, 2.75) is 71.8 Å². The summed E-state index contributed by atoms with van der Waals surface area (Å²) in [5, 5.41) is 0. The fourth-order valence-corrected chi connectivity index (χ4v) is 2.64. The number of nitrogens with zero attached hydrogens (tertiary/aromatic N) is 1. The molecule has 1 aromatic carbocycles. The van der Waals surface area contributed by atoms with Crippen LogP contribution in [0.4, 0.5) is 4.39 Å². The molecule has 1 rings (SSSR count). The van der Waals surface area contributed by atoms with Crippen molar-refractivity contribution >= 4 is 0 Å². The van der Waals surface area contributed by atoms with Crippen molar-refractivity contribution in [3.05, 3.63) is 35.6 Å². The number of unbranched alkanes of at least 4 members (excludes halogenated alkanes) is 6. The molecule has 0 aliphatic carbocycles. The van der Waals surface area contributed by atoms with Crippen molar-refractivity contribution in [1.29, 1.82) is 0 Å². The van der Waals surface area contributed by atoms with Crippen LogP contribution in [0.5, 0.6) is 0 Å². The van der Waals surface area contributed by atoms with Gasteiger partial charge in [-0.25, -0.2) is 4.39 Å². The average Bonchev–Trinajstić information content (AvgIpc) is 2.50. The topological polar surface area (TPSA) is 3.24 Å². The van der Waals surface area contributed by atoms with E-state index >= 15 is 0 Å². The van der Waals surface area contributed by atoms with Gasteiger partial charge in [0.05, 0.1) is 0 Å². The minimum absolute atomic E-state index is 0.142. The summed E-state index contributed by atoms with van der Waals surface area (Å²) in [6.45, 7) is 7.80. The highest BCUT2D eigenvalue weighted by molar-refractivity contribution is 5.15. The van der Waals surface area contributed by atoms with E-state index in [1.54, 1.807) is 12.1 Å². The molecule has 120 valence electrons. The molecule has 1 nitrogen and oxygen atoms in total. The van der Waals surface area contributed by atoms with E-state index in [2.05, 4.69) is 18.7 Å². The number of hydrogen-bond acceptors (Lipinski definition) is 1. The maximum atomic E-state index is 13.0. The van der Waals surface area contributed by atoms with Crippen LogP contribution < -0.4 is 0 Å². The van der Waals surface area contributed by atoms with Crippen LogP contribution in [0.15, 0.2) is 24.3 Å². The highest BCUT2D eigenvalue weighted by atomic mass is 19.1. The zero-order valence-electron chi connectivity index (χ0n) is 13.9. The third-order valence-corrected chi connectivity index (χ3v) is 3.98. The van der Waals surface area contributed by atoms with Crippen molar-refractivity contribution in [3.63, 3.8) is 0 Å². The monoisotopic (exact) mass is 293 g/mol. The van der Waals surface area contributed by atoms with E-state index in [1.807, 2.05) is 12.1 Å². The van der Waals surface area contributed by atoms with Gasteiger partial charge in [-0.3, -0.25) is 4.90 Å². The van der Waals surface area contributed by atoms with Crippen molar-refractivity contribution in [2.24, 2.45) is 0 Å². The molecule has 1 aromatic rings. The van der Waals surface area contributed by atoms with Gasteiger partial charge in [-0.15, -0.1) is 0 Å². The van der Waals surface area contributed by atoms with Gasteiger partial charge < -0.3 is 0 Å². The molecule has 0 fully saturated rings. The van der Waals surface area contributed by atoms with E-state index in [0.717, 1.165) is 6.54 Å². The first kappa shape index (κ1) is 18.2. The summed E-state index contributed by atoms with van der Waals surface area (Å²) in [7, 11) is 0. The van der Waals surface area contributed by atoms with Crippen molar-refractivity contribution in [2.75, 3.05) is 13.1 Å². The summed E-state index contributed by atoms with van der Waals surface area (Å²) in [5.41, 5.74) is 1.22. The van der Waals surface area contributed by atoms with Crippen molar-refractivity contribution < 1.29 is 4.39 Å². The van der Waals surface area contributed by atoms with Crippen LogP contribution in [0.3, 0.4) is 0 Å². The van der Waals surface area contributed by atoms with E-state index in [0.29, 0.717) is 0 Å². The Morgan fingerprint density at radius 1 is 0.762 bits per heavy atom. The molecule has 0 radical (unpaired) electrons. The average molecular weight is 293 g/mol. The highest BCUT2D eigenvalue weighted by Crippen LogP contribution is 2.11. The third-order valence-electron chi connectivity index (χ3n) is 3.98. The summed E-state index contributed by atoms with van der Waals surface area (Å²) >= 11 is 0. The molecule has 0 aliphatic rings. The lowest BCUT2D eigenvalue weighted by molar-refractivity contribution is 0.252. The molecule has 0 atom stereocenters. The minimum Gasteiger partial charge on any atom is -0.299 e. The van der Waals surface area contributed by atoms with Gasteiger partial charge in [-0.1, -0.05) is 64.5 Å². The van der Waals surface area contributed by atoms with Gasteiger partial charge in [0, 0.05) is 6.54 Å². The lowest BCUT2D eigenvalue weighted by Gasteiger charge is -2.22. The summed E-state index contributed by atoms with van der Waals surface area (Å²) < 4.78 is 13.0. The molecule has 0 unspecified atom stereocenters. The maximum absolute atomic E-state index is 13.0. The fourth-order valence-electron chi connectivity index (χ4n) is 2.64. The van der Waals surface area contributed by atoms with Crippen LogP contribution in [-0.4, -0.2) is 18.0 Å². The molecule has 0 saturated carbocycles. The first-order valence-corrected chi connectivity index (χ1v) is 8.73. The summed E-state index contributed by atoms with van der Waals surface area (Å²) in [4.78, 5) is 2.54. The van der Waals surface area contributed by atoms with E-state index in [4.69, 9.17) is 0 Å². The summed E-state index contributed by atoms with van der Waals surface area (Å²) in [6.07, 6.45) is 10.5. The Bertz CT molecular complexity index is 335. The summed E-state index contributed by atoms with van der Waals surface area (Å²) in [5.74, 6) is -0.142. The van der Waals surface area contributed by atoms with Gasteiger partial charge in [0.2, 0.25) is 0 Å². The quantitative estimate of drug-likeness (QED) is 0.441. The van der Waals surface area contributed by atoms with Gasteiger partial charge in [0.15, 0.2) is 0 Å².